The summed E-state index contributed by atoms with van der Waals surface area (Å²) >= 11 is 0. The highest BCUT2D eigenvalue weighted by Gasteiger charge is 2.33. The molecule has 0 saturated carbocycles. The van der Waals surface area contributed by atoms with Gasteiger partial charge in [0.1, 0.15) is 17.2 Å². The molecule has 0 spiro atoms. The van der Waals surface area contributed by atoms with E-state index in [1.165, 1.54) is 0 Å². The number of halogens is 5. The summed E-state index contributed by atoms with van der Waals surface area (Å²) in [6, 6.07) is 3.45. The molecule has 0 saturated heterocycles. The molecule has 3 N–H and O–H groups in total. The van der Waals surface area contributed by atoms with E-state index in [1.807, 2.05) is 6.92 Å². The highest BCUT2D eigenvalue weighted by Crippen LogP contribution is 2.31. The van der Waals surface area contributed by atoms with Crippen molar-refractivity contribution in [3.05, 3.63) is 59.3 Å². The number of rotatable bonds is 10. The van der Waals surface area contributed by atoms with Gasteiger partial charge in [-0.2, -0.15) is 13.2 Å². The summed E-state index contributed by atoms with van der Waals surface area (Å²) in [5.41, 5.74) is -2.21. The van der Waals surface area contributed by atoms with Crippen molar-refractivity contribution in [2.45, 2.75) is 32.5 Å². The summed E-state index contributed by atoms with van der Waals surface area (Å²) in [5.74, 6) is -3.36. The van der Waals surface area contributed by atoms with Crippen molar-refractivity contribution in [3.8, 4) is 0 Å². The summed E-state index contributed by atoms with van der Waals surface area (Å²) in [5, 5.41) is 5.14. The van der Waals surface area contributed by atoms with Gasteiger partial charge in [0.05, 0.1) is 6.26 Å². The van der Waals surface area contributed by atoms with Gasteiger partial charge >= 0.3 is 6.18 Å². The zero-order valence-corrected chi connectivity index (χ0v) is 19.1. The first kappa shape index (κ1) is 27.0. The second-order valence-corrected chi connectivity index (χ2v) is 9.09. The Labute approximate surface area is 193 Å². The number of alkyl halides is 3. The lowest BCUT2D eigenvalue weighted by molar-refractivity contribution is -0.141. The van der Waals surface area contributed by atoms with Crippen LogP contribution in [0.1, 0.15) is 36.6 Å². The molecule has 0 atom stereocenters. The van der Waals surface area contributed by atoms with Crippen molar-refractivity contribution >= 4 is 33.0 Å². The molecule has 0 bridgehead atoms. The van der Waals surface area contributed by atoms with Gasteiger partial charge in [-0.15, -0.1) is 0 Å². The Morgan fingerprint density at radius 1 is 1.15 bits per heavy atom. The molecule has 186 valence electrons. The number of nitrogens with zero attached hydrogens (tertiary/aromatic N) is 1. The average molecular weight is 506 g/mol. The molecule has 1 heterocycles. The van der Waals surface area contributed by atoms with Gasteiger partial charge in [0.25, 0.3) is 5.91 Å². The lowest BCUT2D eigenvalue weighted by Crippen LogP contribution is -2.24. The molecule has 2 rings (SSSR count). The zero-order chi connectivity index (χ0) is 25.7. The number of hydrogen-bond acceptors (Lipinski definition) is 5. The van der Waals surface area contributed by atoms with Crippen LogP contribution in [0, 0.1) is 11.6 Å². The van der Waals surface area contributed by atoms with Crippen molar-refractivity contribution in [1.82, 2.24) is 10.3 Å². The van der Waals surface area contributed by atoms with Gasteiger partial charge in [-0.05, 0) is 36.2 Å². The fourth-order valence-corrected chi connectivity index (χ4v) is 3.37. The Balaban J connectivity index is 2.20. The normalized spacial score (nSPS) is 11.7. The average Bonchev–Trinajstić information content (AvgIpc) is 2.73. The molecule has 1 aromatic carbocycles. The smallest absolute Gasteiger partial charge is 0.370 e. The first-order chi connectivity index (χ1) is 15.7. The van der Waals surface area contributed by atoms with Crippen LogP contribution >= 0.6 is 0 Å². The molecule has 13 heteroatoms. The Bertz CT molecular complexity index is 1160. The molecule has 0 unspecified atom stereocenters. The number of unbranched alkanes of at least 4 members (excludes halogenated alkanes) is 1. The van der Waals surface area contributed by atoms with Gasteiger partial charge in [0.15, 0.2) is 11.6 Å². The van der Waals surface area contributed by atoms with E-state index in [0.717, 1.165) is 36.9 Å². The first-order valence-corrected chi connectivity index (χ1v) is 11.9. The van der Waals surface area contributed by atoms with Gasteiger partial charge in [-0.25, -0.2) is 22.2 Å². The maximum Gasteiger partial charge on any atom is 0.433 e. The summed E-state index contributed by atoms with van der Waals surface area (Å²) in [6.45, 7) is 5.46. The lowest BCUT2D eigenvalue weighted by Gasteiger charge is -2.16. The number of carbonyl (C=O) groups excluding carboxylic acids is 1. The molecule has 1 aromatic heterocycles. The van der Waals surface area contributed by atoms with Gasteiger partial charge < -0.3 is 10.6 Å². The summed E-state index contributed by atoms with van der Waals surface area (Å²) < 4.78 is 91.5. The largest absolute Gasteiger partial charge is 0.433 e. The quantitative estimate of drug-likeness (QED) is 0.254. The number of sulfonamides is 1. The van der Waals surface area contributed by atoms with Crippen LogP contribution in [0.5, 0.6) is 0 Å². The van der Waals surface area contributed by atoms with Crippen molar-refractivity contribution < 1.29 is 35.2 Å². The molecule has 0 aliphatic heterocycles. The Morgan fingerprint density at radius 2 is 1.76 bits per heavy atom. The van der Waals surface area contributed by atoms with Crippen LogP contribution in [0.3, 0.4) is 0 Å². The second kappa shape index (κ2) is 10.8. The summed E-state index contributed by atoms with van der Waals surface area (Å²) in [4.78, 5) is 16.1. The number of aromatic nitrogens is 1. The van der Waals surface area contributed by atoms with E-state index >= 15 is 0 Å². The molecule has 7 nitrogen and oxygen atoms in total. The van der Waals surface area contributed by atoms with Crippen LogP contribution in [0.15, 0.2) is 30.8 Å². The highest BCUT2D eigenvalue weighted by atomic mass is 32.2. The summed E-state index contributed by atoms with van der Waals surface area (Å²) in [7, 11) is -3.92. The minimum atomic E-state index is -4.68. The van der Waals surface area contributed by atoms with Crippen LogP contribution in [-0.4, -0.2) is 32.1 Å². The van der Waals surface area contributed by atoms with Crippen molar-refractivity contribution in [2.24, 2.45) is 0 Å². The number of nitrogens with one attached hydrogen (secondary N) is 3. The third kappa shape index (κ3) is 7.40. The molecule has 1 amide bonds. The van der Waals surface area contributed by atoms with E-state index in [-0.39, 0.29) is 29.1 Å². The van der Waals surface area contributed by atoms with Gasteiger partial charge in [0.2, 0.25) is 10.0 Å². The van der Waals surface area contributed by atoms with Crippen molar-refractivity contribution in [3.63, 3.8) is 0 Å². The first-order valence-electron chi connectivity index (χ1n) is 9.98. The van der Waals surface area contributed by atoms with E-state index in [1.54, 1.807) is 4.72 Å². The van der Waals surface area contributed by atoms with Crippen LogP contribution in [0.4, 0.5) is 33.5 Å². The number of amides is 1. The number of anilines is 2. The van der Waals surface area contributed by atoms with Gasteiger partial charge in [0, 0.05) is 24.2 Å². The van der Waals surface area contributed by atoms with E-state index < -0.39 is 45.1 Å². The topological polar surface area (TPSA) is 100 Å². The number of benzene rings is 1. The van der Waals surface area contributed by atoms with Crippen LogP contribution < -0.4 is 15.4 Å². The lowest BCUT2D eigenvalue weighted by atomic mass is 10.1. The molecule has 34 heavy (non-hydrogen) atoms. The number of carbonyl (C=O) groups is 1. The molecular weight excluding hydrogens is 483 g/mol. The van der Waals surface area contributed by atoms with E-state index in [2.05, 4.69) is 22.2 Å². The SMILES string of the molecule is C=C(C(=O)NCc1cc(F)c(NS(C)(=O)=O)c(F)c1)c1ccc(C(F)(F)F)nc1NCCCC. The van der Waals surface area contributed by atoms with Crippen LogP contribution in [0.2, 0.25) is 0 Å². The van der Waals surface area contributed by atoms with Crippen molar-refractivity contribution in [1.29, 1.82) is 0 Å². The molecule has 2 aromatic rings. The summed E-state index contributed by atoms with van der Waals surface area (Å²) in [6.07, 6.45) is -2.53. The monoisotopic (exact) mass is 506 g/mol. The number of pyridine rings is 1. The van der Waals surface area contributed by atoms with Crippen molar-refractivity contribution in [2.75, 3.05) is 22.8 Å². The Hall–Kier alpha value is -3.22. The van der Waals surface area contributed by atoms with E-state index in [4.69, 9.17) is 0 Å². The standard InChI is InChI=1S/C21H23F5N4O3S/c1-4-5-8-27-19-14(6-7-17(29-19)21(24,25)26)12(2)20(31)28-11-13-9-15(22)18(16(23)10-13)30-34(3,32)33/h6-7,9-10,30H,2,4-5,8,11H2,1,3H3,(H,27,29)(H,28,31). The molecule has 0 aliphatic carbocycles. The predicted molar refractivity (Wildman–Crippen MR) is 118 cm³/mol. The zero-order valence-electron chi connectivity index (χ0n) is 18.3. The third-order valence-corrected chi connectivity index (χ3v) is 5.03. The minimum Gasteiger partial charge on any atom is -0.370 e. The third-order valence-electron chi connectivity index (χ3n) is 4.45. The maximum atomic E-state index is 14.1. The van der Waals surface area contributed by atoms with Gasteiger partial charge in [-0.1, -0.05) is 19.9 Å². The fraction of sp³-hybridized carbons (Fsp3) is 0.333. The van der Waals surface area contributed by atoms with Crippen LogP contribution in [-0.2, 0) is 27.5 Å². The Morgan fingerprint density at radius 3 is 2.29 bits per heavy atom. The van der Waals surface area contributed by atoms with E-state index in [9.17, 15) is 35.2 Å². The van der Waals surface area contributed by atoms with Gasteiger partial charge in [-0.3, -0.25) is 9.52 Å². The molecule has 0 aliphatic rings. The predicted octanol–water partition coefficient (Wildman–Crippen LogP) is 4.29. The molecular formula is C21H23F5N4O3S. The highest BCUT2D eigenvalue weighted by molar-refractivity contribution is 7.92. The molecule has 0 radical (unpaired) electrons. The second-order valence-electron chi connectivity index (χ2n) is 7.34. The Kier molecular flexibility index (Phi) is 8.59. The fourth-order valence-electron chi connectivity index (χ4n) is 2.80. The molecule has 0 fully saturated rings. The van der Waals surface area contributed by atoms with Crippen LogP contribution in [0.25, 0.3) is 5.57 Å². The minimum absolute atomic E-state index is 0.0259. The number of hydrogen-bond donors (Lipinski definition) is 3. The van der Waals surface area contributed by atoms with E-state index in [0.29, 0.717) is 13.0 Å². The maximum absolute atomic E-state index is 14.1.